The van der Waals surface area contributed by atoms with Gasteiger partial charge in [0.25, 0.3) is 0 Å². The molecule has 1 aromatic carbocycles. The average Bonchev–Trinajstić information content (AvgIpc) is 2.86. The van der Waals surface area contributed by atoms with Crippen LogP contribution in [0, 0.1) is 13.8 Å². The van der Waals surface area contributed by atoms with E-state index in [1.807, 2.05) is 32.0 Å². The Labute approximate surface area is 111 Å². The molecule has 1 aliphatic rings. The molecule has 1 aliphatic carbocycles. The molecule has 0 amide bonds. The van der Waals surface area contributed by atoms with Crippen molar-refractivity contribution in [1.29, 1.82) is 0 Å². The number of aryl methyl sites for hydroxylation is 2. The van der Waals surface area contributed by atoms with Crippen molar-refractivity contribution in [2.75, 3.05) is 5.75 Å². The fourth-order valence-electron chi connectivity index (χ4n) is 2.40. The molecule has 0 N–H and O–H groups in total. The molecule has 98 valence electrons. The minimum absolute atomic E-state index is 0.0170. The highest BCUT2D eigenvalue weighted by Crippen LogP contribution is 2.23. The summed E-state index contributed by atoms with van der Waals surface area (Å²) in [7, 11) is -0.987. The largest absolute Gasteiger partial charge is 0.293 e. The Hall–Kier alpha value is -0.960. The van der Waals surface area contributed by atoms with E-state index in [-0.39, 0.29) is 16.8 Å². The van der Waals surface area contributed by atoms with Crippen LogP contribution in [-0.4, -0.2) is 21.0 Å². The van der Waals surface area contributed by atoms with Crippen molar-refractivity contribution in [2.24, 2.45) is 0 Å². The van der Waals surface area contributed by atoms with Gasteiger partial charge in [0.05, 0.1) is 5.75 Å². The lowest BCUT2D eigenvalue weighted by molar-refractivity contribution is 0.102. The average molecular weight is 264 g/mol. The van der Waals surface area contributed by atoms with Crippen molar-refractivity contribution in [3.8, 4) is 0 Å². The van der Waals surface area contributed by atoms with E-state index in [1.165, 1.54) is 5.56 Å². The van der Waals surface area contributed by atoms with E-state index in [9.17, 15) is 9.00 Å². The zero-order valence-electron chi connectivity index (χ0n) is 11.1. The second kappa shape index (κ2) is 5.79. The number of carbonyl (C=O) groups is 1. The number of carbonyl (C=O) groups excluding carboxylic acids is 1. The van der Waals surface area contributed by atoms with Crippen molar-refractivity contribution in [3.63, 3.8) is 0 Å². The molecule has 0 spiro atoms. The van der Waals surface area contributed by atoms with Gasteiger partial charge < -0.3 is 0 Å². The Bertz CT molecular complexity index is 473. The summed E-state index contributed by atoms with van der Waals surface area (Å²) in [6.45, 7) is 4.03. The number of Topliss-reactive ketones (excluding diaryl/α,β-unsaturated/α-hetero) is 1. The fourth-order valence-corrected chi connectivity index (χ4v) is 3.92. The third-order valence-electron chi connectivity index (χ3n) is 3.78. The van der Waals surface area contributed by atoms with Crippen molar-refractivity contribution in [1.82, 2.24) is 0 Å². The number of rotatable bonds is 4. The minimum atomic E-state index is -0.987. The van der Waals surface area contributed by atoms with E-state index in [2.05, 4.69) is 0 Å². The summed E-state index contributed by atoms with van der Waals surface area (Å²) in [5, 5.41) is 0.250. The van der Waals surface area contributed by atoms with Crippen LogP contribution in [-0.2, 0) is 10.8 Å². The maximum atomic E-state index is 12.1. The quantitative estimate of drug-likeness (QED) is 0.783. The summed E-state index contributed by atoms with van der Waals surface area (Å²) in [6, 6.07) is 5.71. The predicted octanol–water partition coefficient (Wildman–Crippen LogP) is 3.18. The molecule has 1 saturated carbocycles. The molecule has 2 rings (SSSR count). The van der Waals surface area contributed by atoms with Crippen molar-refractivity contribution in [3.05, 3.63) is 34.9 Å². The lowest BCUT2D eigenvalue weighted by Gasteiger charge is -2.09. The summed E-state index contributed by atoms with van der Waals surface area (Å²) in [5.41, 5.74) is 3.00. The van der Waals surface area contributed by atoms with Gasteiger partial charge in [0.15, 0.2) is 5.78 Å². The molecule has 1 fully saturated rings. The van der Waals surface area contributed by atoms with Gasteiger partial charge in [-0.25, -0.2) is 0 Å². The second-order valence-corrected chi connectivity index (χ2v) is 6.87. The molecule has 1 unspecified atom stereocenters. The van der Waals surface area contributed by atoms with Crippen LogP contribution in [0.25, 0.3) is 0 Å². The van der Waals surface area contributed by atoms with E-state index < -0.39 is 10.8 Å². The molecular weight excluding hydrogens is 244 g/mol. The van der Waals surface area contributed by atoms with Gasteiger partial charge in [-0.1, -0.05) is 25.0 Å². The third-order valence-corrected chi connectivity index (χ3v) is 5.54. The zero-order valence-corrected chi connectivity index (χ0v) is 11.9. The Morgan fingerprint density at radius 2 is 1.89 bits per heavy atom. The van der Waals surface area contributed by atoms with E-state index in [4.69, 9.17) is 0 Å². The first-order chi connectivity index (χ1) is 8.58. The van der Waals surface area contributed by atoms with Crippen LogP contribution < -0.4 is 0 Å². The van der Waals surface area contributed by atoms with Crippen LogP contribution in [0.15, 0.2) is 18.2 Å². The molecule has 0 radical (unpaired) electrons. The summed E-state index contributed by atoms with van der Waals surface area (Å²) in [6.07, 6.45) is 4.36. The number of hydrogen-bond acceptors (Lipinski definition) is 2. The lowest BCUT2D eigenvalue weighted by atomic mass is 10.0. The summed E-state index contributed by atoms with van der Waals surface area (Å²) >= 11 is 0. The van der Waals surface area contributed by atoms with E-state index in [0.717, 1.165) is 31.2 Å². The third kappa shape index (κ3) is 3.08. The van der Waals surface area contributed by atoms with Gasteiger partial charge >= 0.3 is 0 Å². The van der Waals surface area contributed by atoms with Gasteiger partial charge in [-0.2, -0.15) is 0 Å². The standard InChI is InChI=1S/C15H20O2S/c1-11-7-8-13(9-12(11)2)15(16)10-18(17)14-5-3-4-6-14/h7-9,14H,3-6,10H2,1-2H3. The molecule has 18 heavy (non-hydrogen) atoms. The Morgan fingerprint density at radius 1 is 1.22 bits per heavy atom. The molecule has 0 heterocycles. The summed E-state index contributed by atoms with van der Waals surface area (Å²) in [5.74, 6) is 0.205. The number of ketones is 1. The number of hydrogen-bond donors (Lipinski definition) is 0. The molecule has 3 heteroatoms. The van der Waals surface area contributed by atoms with Crippen molar-refractivity contribution >= 4 is 16.6 Å². The van der Waals surface area contributed by atoms with Gasteiger partial charge in [-0.3, -0.25) is 9.00 Å². The first kappa shape index (κ1) is 13.5. The molecule has 0 aliphatic heterocycles. The monoisotopic (exact) mass is 264 g/mol. The summed E-state index contributed by atoms with van der Waals surface area (Å²) < 4.78 is 12.1. The summed E-state index contributed by atoms with van der Waals surface area (Å²) in [4.78, 5) is 12.1. The normalized spacial score (nSPS) is 17.9. The smallest absolute Gasteiger partial charge is 0.175 e. The van der Waals surface area contributed by atoms with Gasteiger partial charge in [-0.05, 0) is 43.9 Å². The highest BCUT2D eigenvalue weighted by atomic mass is 32.2. The number of benzene rings is 1. The first-order valence-corrected chi connectivity index (χ1v) is 7.94. The molecule has 0 bridgehead atoms. The minimum Gasteiger partial charge on any atom is -0.293 e. The topological polar surface area (TPSA) is 34.1 Å². The maximum absolute atomic E-state index is 12.1. The molecule has 2 nitrogen and oxygen atoms in total. The second-order valence-electron chi connectivity index (χ2n) is 5.15. The highest BCUT2D eigenvalue weighted by Gasteiger charge is 2.23. The fraction of sp³-hybridized carbons (Fsp3) is 0.533. The van der Waals surface area contributed by atoms with Gasteiger partial charge in [0.1, 0.15) is 0 Å². The first-order valence-electron chi connectivity index (χ1n) is 6.55. The Kier molecular flexibility index (Phi) is 4.33. The maximum Gasteiger partial charge on any atom is 0.175 e. The molecule has 0 saturated heterocycles. The van der Waals surface area contributed by atoms with E-state index in [1.54, 1.807) is 0 Å². The van der Waals surface area contributed by atoms with Gasteiger partial charge in [-0.15, -0.1) is 0 Å². The van der Waals surface area contributed by atoms with Crippen LogP contribution in [0.5, 0.6) is 0 Å². The van der Waals surface area contributed by atoms with Crippen LogP contribution in [0.4, 0.5) is 0 Å². The van der Waals surface area contributed by atoms with Crippen LogP contribution in [0.2, 0.25) is 0 Å². The van der Waals surface area contributed by atoms with E-state index in [0.29, 0.717) is 5.56 Å². The van der Waals surface area contributed by atoms with Crippen LogP contribution in [0.3, 0.4) is 0 Å². The van der Waals surface area contributed by atoms with Crippen molar-refractivity contribution in [2.45, 2.75) is 44.8 Å². The predicted molar refractivity (Wildman–Crippen MR) is 75.5 cm³/mol. The Balaban J connectivity index is 2.02. The highest BCUT2D eigenvalue weighted by molar-refractivity contribution is 7.86. The Morgan fingerprint density at radius 3 is 2.50 bits per heavy atom. The van der Waals surface area contributed by atoms with Crippen LogP contribution in [0.1, 0.15) is 47.2 Å². The van der Waals surface area contributed by atoms with Crippen molar-refractivity contribution < 1.29 is 9.00 Å². The van der Waals surface area contributed by atoms with Gasteiger partial charge in [0, 0.05) is 21.6 Å². The SMILES string of the molecule is Cc1ccc(C(=O)CS(=O)C2CCCC2)cc1C. The zero-order chi connectivity index (χ0) is 13.1. The molecular formula is C15H20O2S. The van der Waals surface area contributed by atoms with Crippen LogP contribution >= 0.6 is 0 Å². The molecule has 0 aromatic heterocycles. The molecule has 1 aromatic rings. The lowest BCUT2D eigenvalue weighted by Crippen LogP contribution is -2.19. The van der Waals surface area contributed by atoms with E-state index >= 15 is 0 Å². The van der Waals surface area contributed by atoms with Gasteiger partial charge in [0.2, 0.25) is 0 Å². The molecule has 1 atom stereocenters.